The predicted octanol–water partition coefficient (Wildman–Crippen LogP) is 4.10. The van der Waals surface area contributed by atoms with E-state index in [0.717, 1.165) is 16.9 Å². The number of nitrogens with one attached hydrogen (secondary N) is 1. The standard InChI is InChI=1S/C21H19N3O3S/c22-21(28)23-20(17-7-4-8-18(13-17)24(25)26)16-9-11-19(12-10-16)27-14-15-5-2-1-3-6-15/h1-13,20H,14H2,(H3,22,23,28). The molecule has 0 bridgehead atoms. The molecule has 3 aromatic rings. The molecule has 0 radical (unpaired) electrons. The molecule has 3 N–H and O–H groups in total. The number of benzene rings is 3. The van der Waals surface area contributed by atoms with Gasteiger partial charge in [-0.2, -0.15) is 0 Å². The van der Waals surface area contributed by atoms with Crippen LogP contribution in [0.4, 0.5) is 5.69 Å². The Morgan fingerprint density at radius 3 is 2.39 bits per heavy atom. The second-order valence-corrected chi connectivity index (χ2v) is 6.58. The van der Waals surface area contributed by atoms with Gasteiger partial charge in [0.05, 0.1) is 11.0 Å². The van der Waals surface area contributed by atoms with Gasteiger partial charge in [0.15, 0.2) is 5.11 Å². The SMILES string of the molecule is NC(=S)NC(c1ccc(OCc2ccccc2)cc1)c1cccc([N+](=O)[O-])c1. The average Bonchev–Trinajstić information content (AvgIpc) is 2.72. The fourth-order valence-electron chi connectivity index (χ4n) is 2.82. The van der Waals surface area contributed by atoms with E-state index < -0.39 is 11.0 Å². The lowest BCUT2D eigenvalue weighted by molar-refractivity contribution is -0.384. The number of rotatable bonds is 7. The number of nitro benzene ring substituents is 1. The summed E-state index contributed by atoms with van der Waals surface area (Å²) in [5.74, 6) is 0.723. The van der Waals surface area contributed by atoms with Crippen LogP contribution >= 0.6 is 12.2 Å². The Balaban J connectivity index is 1.80. The Labute approximate surface area is 168 Å². The third kappa shape index (κ3) is 5.05. The molecule has 0 aromatic heterocycles. The van der Waals surface area contributed by atoms with Crippen molar-refractivity contribution in [3.05, 3.63) is 106 Å². The van der Waals surface area contributed by atoms with Crippen LogP contribution in [0.25, 0.3) is 0 Å². The monoisotopic (exact) mass is 393 g/mol. The van der Waals surface area contributed by atoms with Crippen molar-refractivity contribution in [2.75, 3.05) is 0 Å². The number of ether oxygens (including phenoxy) is 1. The second-order valence-electron chi connectivity index (χ2n) is 6.14. The van der Waals surface area contributed by atoms with Crippen molar-refractivity contribution in [2.24, 2.45) is 5.73 Å². The number of nitrogens with zero attached hydrogens (tertiary/aromatic N) is 1. The zero-order chi connectivity index (χ0) is 19.9. The quantitative estimate of drug-likeness (QED) is 0.357. The Bertz CT molecular complexity index is 962. The van der Waals surface area contributed by atoms with Gasteiger partial charge >= 0.3 is 0 Å². The number of non-ortho nitro benzene ring substituents is 1. The fraction of sp³-hybridized carbons (Fsp3) is 0.0952. The predicted molar refractivity (Wildman–Crippen MR) is 112 cm³/mol. The van der Waals surface area contributed by atoms with Crippen LogP contribution in [0.15, 0.2) is 78.9 Å². The number of nitro groups is 1. The summed E-state index contributed by atoms with van der Waals surface area (Å²) in [4.78, 5) is 10.7. The van der Waals surface area contributed by atoms with Crippen molar-refractivity contribution in [1.82, 2.24) is 5.32 Å². The maximum Gasteiger partial charge on any atom is 0.269 e. The molecule has 28 heavy (non-hydrogen) atoms. The number of thiocarbonyl (C=S) groups is 1. The van der Waals surface area contributed by atoms with Crippen molar-refractivity contribution in [2.45, 2.75) is 12.6 Å². The highest BCUT2D eigenvalue weighted by Gasteiger charge is 2.17. The van der Waals surface area contributed by atoms with Crippen molar-refractivity contribution >= 4 is 23.0 Å². The third-order valence-electron chi connectivity index (χ3n) is 4.16. The van der Waals surface area contributed by atoms with Crippen molar-refractivity contribution in [3.8, 4) is 5.75 Å². The molecule has 0 saturated carbocycles. The third-order valence-corrected chi connectivity index (χ3v) is 4.28. The van der Waals surface area contributed by atoms with Crippen LogP contribution in [-0.2, 0) is 6.61 Å². The largest absolute Gasteiger partial charge is 0.489 e. The molecule has 142 valence electrons. The molecule has 0 aliphatic rings. The molecule has 0 heterocycles. The number of hydrogen-bond donors (Lipinski definition) is 2. The first-order valence-electron chi connectivity index (χ1n) is 8.60. The zero-order valence-electron chi connectivity index (χ0n) is 14.9. The molecule has 7 heteroatoms. The topological polar surface area (TPSA) is 90.4 Å². The Morgan fingerprint density at radius 1 is 1.04 bits per heavy atom. The van der Waals surface area contributed by atoms with Gasteiger partial charge in [-0.05, 0) is 41.0 Å². The molecular weight excluding hydrogens is 374 g/mol. The smallest absolute Gasteiger partial charge is 0.269 e. The normalized spacial score (nSPS) is 11.4. The number of hydrogen-bond acceptors (Lipinski definition) is 4. The van der Waals surface area contributed by atoms with Crippen LogP contribution in [0.2, 0.25) is 0 Å². The summed E-state index contributed by atoms with van der Waals surface area (Å²) in [6.07, 6.45) is 0. The van der Waals surface area contributed by atoms with Crippen LogP contribution in [-0.4, -0.2) is 10.0 Å². The maximum absolute atomic E-state index is 11.1. The van der Waals surface area contributed by atoms with Crippen LogP contribution in [0, 0.1) is 10.1 Å². The minimum atomic E-state index is -0.429. The van der Waals surface area contributed by atoms with Crippen LogP contribution < -0.4 is 15.8 Å². The van der Waals surface area contributed by atoms with E-state index in [-0.39, 0.29) is 10.8 Å². The Hall–Kier alpha value is -3.45. The minimum absolute atomic E-state index is 0.00931. The molecule has 0 saturated heterocycles. The summed E-state index contributed by atoms with van der Waals surface area (Å²) < 4.78 is 5.80. The summed E-state index contributed by atoms with van der Waals surface area (Å²) in [5, 5.41) is 14.2. The van der Waals surface area contributed by atoms with Gasteiger partial charge in [-0.15, -0.1) is 0 Å². The molecule has 0 aliphatic carbocycles. The maximum atomic E-state index is 11.1. The van der Waals surface area contributed by atoms with E-state index in [0.29, 0.717) is 12.2 Å². The summed E-state index contributed by atoms with van der Waals surface area (Å²) >= 11 is 4.99. The van der Waals surface area contributed by atoms with Gasteiger partial charge in [-0.25, -0.2) is 0 Å². The summed E-state index contributed by atoms with van der Waals surface area (Å²) in [6.45, 7) is 0.472. The minimum Gasteiger partial charge on any atom is -0.489 e. The highest BCUT2D eigenvalue weighted by Crippen LogP contribution is 2.27. The molecule has 0 amide bonds. The van der Waals surface area contributed by atoms with Gasteiger partial charge in [0.1, 0.15) is 12.4 Å². The lowest BCUT2D eigenvalue weighted by Gasteiger charge is -2.20. The molecule has 3 aromatic carbocycles. The van der Waals surface area contributed by atoms with Crippen LogP contribution in [0.3, 0.4) is 0 Å². The van der Waals surface area contributed by atoms with E-state index >= 15 is 0 Å². The van der Waals surface area contributed by atoms with Gasteiger partial charge in [0, 0.05) is 12.1 Å². The first-order valence-corrected chi connectivity index (χ1v) is 9.01. The lowest BCUT2D eigenvalue weighted by Crippen LogP contribution is -2.33. The first-order chi connectivity index (χ1) is 13.5. The summed E-state index contributed by atoms with van der Waals surface area (Å²) in [5.41, 5.74) is 8.31. The first kappa shape index (κ1) is 19.3. The molecule has 0 aliphatic heterocycles. The fourth-order valence-corrected chi connectivity index (χ4v) is 2.93. The van der Waals surface area contributed by atoms with E-state index in [1.807, 2.05) is 54.6 Å². The average molecular weight is 393 g/mol. The Morgan fingerprint density at radius 2 is 1.75 bits per heavy atom. The molecule has 3 rings (SSSR count). The highest BCUT2D eigenvalue weighted by atomic mass is 32.1. The second kappa shape index (κ2) is 8.96. The summed E-state index contributed by atoms with van der Waals surface area (Å²) in [6, 6.07) is 23.3. The van der Waals surface area contributed by atoms with Gasteiger partial charge < -0.3 is 15.8 Å². The van der Waals surface area contributed by atoms with Gasteiger partial charge in [-0.3, -0.25) is 10.1 Å². The highest BCUT2D eigenvalue weighted by molar-refractivity contribution is 7.80. The van der Waals surface area contributed by atoms with Gasteiger partial charge in [-0.1, -0.05) is 54.6 Å². The van der Waals surface area contributed by atoms with Crippen molar-refractivity contribution in [3.63, 3.8) is 0 Å². The van der Waals surface area contributed by atoms with Crippen LogP contribution in [0.1, 0.15) is 22.7 Å². The molecule has 0 fully saturated rings. The van der Waals surface area contributed by atoms with Crippen LogP contribution in [0.5, 0.6) is 5.75 Å². The van der Waals surface area contributed by atoms with E-state index in [1.165, 1.54) is 12.1 Å². The van der Waals surface area contributed by atoms with Crippen molar-refractivity contribution < 1.29 is 9.66 Å². The molecule has 1 atom stereocenters. The van der Waals surface area contributed by atoms with E-state index in [4.69, 9.17) is 22.7 Å². The van der Waals surface area contributed by atoms with E-state index in [1.54, 1.807) is 12.1 Å². The molecule has 0 spiro atoms. The molecular formula is C21H19N3O3S. The Kier molecular flexibility index (Phi) is 6.18. The molecule has 6 nitrogen and oxygen atoms in total. The van der Waals surface area contributed by atoms with Crippen molar-refractivity contribution in [1.29, 1.82) is 0 Å². The lowest BCUT2D eigenvalue weighted by atomic mass is 9.98. The van der Waals surface area contributed by atoms with Gasteiger partial charge in [0.2, 0.25) is 0 Å². The summed E-state index contributed by atoms with van der Waals surface area (Å²) in [7, 11) is 0. The number of nitrogens with two attached hydrogens (primary N) is 1. The molecule has 1 unspecified atom stereocenters. The zero-order valence-corrected chi connectivity index (χ0v) is 15.8. The van der Waals surface area contributed by atoms with E-state index in [2.05, 4.69) is 5.32 Å². The van der Waals surface area contributed by atoms with Gasteiger partial charge in [0.25, 0.3) is 5.69 Å². The van der Waals surface area contributed by atoms with E-state index in [9.17, 15) is 10.1 Å².